The van der Waals surface area contributed by atoms with Gasteiger partial charge in [-0.15, -0.1) is 0 Å². The van der Waals surface area contributed by atoms with Crippen LogP contribution in [-0.2, 0) is 11.8 Å². The number of likely N-dealkylation sites (tertiary alicyclic amines) is 1. The largest absolute Gasteiger partial charge is 0.416 e. The molecule has 1 atom stereocenters. The van der Waals surface area contributed by atoms with Gasteiger partial charge < -0.3 is 5.11 Å². The summed E-state index contributed by atoms with van der Waals surface area (Å²) in [5, 5.41) is 10.6. The second-order valence-corrected chi connectivity index (χ2v) is 5.56. The van der Waals surface area contributed by atoms with Crippen LogP contribution in [0, 0.1) is 0 Å². The zero-order chi connectivity index (χ0) is 13.7. The number of aliphatic hydroxyl groups is 1. The molecule has 1 N–H and O–H groups in total. The molecule has 1 saturated carbocycles. The van der Waals surface area contributed by atoms with Crippen molar-refractivity contribution in [1.29, 1.82) is 0 Å². The minimum absolute atomic E-state index is 0.380. The highest BCUT2D eigenvalue weighted by Gasteiger charge is 2.43. The molecule has 3 rings (SSSR count). The van der Waals surface area contributed by atoms with E-state index in [1.165, 1.54) is 6.07 Å². The molecule has 2 aliphatic rings. The lowest BCUT2D eigenvalue weighted by atomic mass is 9.91. The van der Waals surface area contributed by atoms with Crippen LogP contribution in [0.1, 0.15) is 30.4 Å². The van der Waals surface area contributed by atoms with E-state index in [1.807, 2.05) is 0 Å². The number of nitrogens with zero attached hydrogens (tertiary/aromatic N) is 1. The fourth-order valence-electron chi connectivity index (χ4n) is 2.79. The SMILES string of the molecule is OC1(c2cccc(C(F)(F)F)c2)CCN(C2CC2)C1. The van der Waals surface area contributed by atoms with Crippen molar-refractivity contribution in [2.75, 3.05) is 13.1 Å². The molecule has 1 aromatic rings. The maximum atomic E-state index is 12.7. The number of halogens is 3. The Labute approximate surface area is 109 Å². The zero-order valence-corrected chi connectivity index (χ0v) is 10.5. The number of rotatable bonds is 2. The van der Waals surface area contributed by atoms with Gasteiger partial charge in [-0.05, 0) is 37.0 Å². The molecule has 0 spiro atoms. The Kier molecular flexibility index (Phi) is 2.87. The van der Waals surface area contributed by atoms with Gasteiger partial charge in [0.2, 0.25) is 0 Å². The van der Waals surface area contributed by atoms with Gasteiger partial charge >= 0.3 is 6.18 Å². The summed E-state index contributed by atoms with van der Waals surface area (Å²) in [6, 6.07) is 5.61. The van der Waals surface area contributed by atoms with Gasteiger partial charge in [-0.1, -0.05) is 12.1 Å². The van der Waals surface area contributed by atoms with Gasteiger partial charge in [-0.2, -0.15) is 13.2 Å². The molecule has 19 heavy (non-hydrogen) atoms. The summed E-state index contributed by atoms with van der Waals surface area (Å²) in [7, 11) is 0. The number of alkyl halides is 3. The third-order valence-electron chi connectivity index (χ3n) is 4.07. The number of hydrogen-bond acceptors (Lipinski definition) is 2. The average Bonchev–Trinajstić information content (AvgIpc) is 3.12. The Morgan fingerprint density at radius 1 is 1.26 bits per heavy atom. The molecule has 0 aromatic heterocycles. The van der Waals surface area contributed by atoms with Gasteiger partial charge in [0, 0.05) is 19.1 Å². The first kappa shape index (κ1) is 12.9. The highest BCUT2D eigenvalue weighted by Crippen LogP contribution is 2.39. The number of β-amino-alcohol motifs (C(OH)–C–C–N with tert-alkyl or cyclic N) is 1. The van der Waals surface area contributed by atoms with Crippen molar-refractivity contribution in [1.82, 2.24) is 4.90 Å². The smallest absolute Gasteiger partial charge is 0.384 e. The van der Waals surface area contributed by atoms with Crippen LogP contribution in [0.5, 0.6) is 0 Å². The van der Waals surface area contributed by atoms with Crippen molar-refractivity contribution in [3.63, 3.8) is 0 Å². The number of benzene rings is 1. The van der Waals surface area contributed by atoms with Gasteiger partial charge in [0.25, 0.3) is 0 Å². The van der Waals surface area contributed by atoms with Crippen molar-refractivity contribution in [2.24, 2.45) is 0 Å². The molecule has 1 aliphatic carbocycles. The molecule has 1 aromatic carbocycles. The third-order valence-corrected chi connectivity index (χ3v) is 4.07. The first-order chi connectivity index (χ1) is 8.88. The zero-order valence-electron chi connectivity index (χ0n) is 10.5. The van der Waals surface area contributed by atoms with Crippen LogP contribution in [-0.4, -0.2) is 29.1 Å². The predicted molar refractivity (Wildman–Crippen MR) is 64.6 cm³/mol. The Hall–Kier alpha value is -1.07. The average molecular weight is 271 g/mol. The fraction of sp³-hybridized carbons (Fsp3) is 0.571. The van der Waals surface area contributed by atoms with Crippen molar-refractivity contribution < 1.29 is 18.3 Å². The molecule has 5 heteroatoms. The second-order valence-electron chi connectivity index (χ2n) is 5.56. The minimum Gasteiger partial charge on any atom is -0.384 e. The maximum absolute atomic E-state index is 12.7. The molecule has 104 valence electrons. The Balaban J connectivity index is 1.85. The van der Waals surface area contributed by atoms with Gasteiger partial charge in [-0.3, -0.25) is 4.90 Å². The van der Waals surface area contributed by atoms with Crippen LogP contribution in [0.4, 0.5) is 13.2 Å². The van der Waals surface area contributed by atoms with Crippen molar-refractivity contribution in [2.45, 2.75) is 37.1 Å². The predicted octanol–water partition coefficient (Wildman–Crippen LogP) is 2.76. The summed E-state index contributed by atoms with van der Waals surface area (Å²) >= 11 is 0. The van der Waals surface area contributed by atoms with E-state index >= 15 is 0 Å². The van der Waals surface area contributed by atoms with Crippen molar-refractivity contribution in [3.05, 3.63) is 35.4 Å². The number of hydrogen-bond donors (Lipinski definition) is 1. The van der Waals surface area contributed by atoms with Crippen molar-refractivity contribution in [3.8, 4) is 0 Å². The highest BCUT2D eigenvalue weighted by molar-refractivity contribution is 5.31. The van der Waals surface area contributed by atoms with E-state index in [1.54, 1.807) is 6.07 Å². The van der Waals surface area contributed by atoms with Gasteiger partial charge in [0.15, 0.2) is 0 Å². The lowest BCUT2D eigenvalue weighted by molar-refractivity contribution is -0.137. The first-order valence-electron chi connectivity index (χ1n) is 6.53. The van der Waals surface area contributed by atoms with Crippen molar-refractivity contribution >= 4 is 0 Å². The Morgan fingerprint density at radius 2 is 2.00 bits per heavy atom. The second kappa shape index (κ2) is 4.21. The molecule has 2 fully saturated rings. The van der Waals surface area contributed by atoms with Crippen LogP contribution in [0.25, 0.3) is 0 Å². The van der Waals surface area contributed by atoms with E-state index in [2.05, 4.69) is 4.90 Å². The normalized spacial score (nSPS) is 28.8. The molecule has 0 radical (unpaired) electrons. The Bertz CT molecular complexity index is 484. The highest BCUT2D eigenvalue weighted by atomic mass is 19.4. The molecule has 1 saturated heterocycles. The third kappa shape index (κ3) is 2.49. The molecular formula is C14H16F3NO. The Morgan fingerprint density at radius 3 is 2.63 bits per heavy atom. The summed E-state index contributed by atoms with van der Waals surface area (Å²) in [6.45, 7) is 1.20. The molecule has 0 bridgehead atoms. The van der Waals surface area contributed by atoms with E-state index < -0.39 is 17.3 Å². The van der Waals surface area contributed by atoms with E-state index in [4.69, 9.17) is 0 Å². The van der Waals surface area contributed by atoms with Gasteiger partial charge in [-0.25, -0.2) is 0 Å². The summed E-state index contributed by atoms with van der Waals surface area (Å²) in [5.74, 6) is 0. The molecule has 0 amide bonds. The van der Waals surface area contributed by atoms with Crippen LogP contribution >= 0.6 is 0 Å². The van der Waals surface area contributed by atoms with E-state index in [0.29, 0.717) is 24.6 Å². The van der Waals surface area contributed by atoms with Crippen LogP contribution in [0.15, 0.2) is 24.3 Å². The van der Waals surface area contributed by atoms with Crippen LogP contribution in [0.2, 0.25) is 0 Å². The molecular weight excluding hydrogens is 255 g/mol. The first-order valence-corrected chi connectivity index (χ1v) is 6.53. The molecule has 1 unspecified atom stereocenters. The lowest BCUT2D eigenvalue weighted by Crippen LogP contribution is -2.32. The summed E-state index contributed by atoms with van der Waals surface area (Å²) in [4.78, 5) is 2.18. The monoisotopic (exact) mass is 271 g/mol. The van der Waals surface area contributed by atoms with Gasteiger partial charge in [0.05, 0.1) is 5.56 Å². The van der Waals surface area contributed by atoms with Gasteiger partial charge in [0.1, 0.15) is 5.60 Å². The van der Waals surface area contributed by atoms with Crippen LogP contribution < -0.4 is 0 Å². The fourth-order valence-corrected chi connectivity index (χ4v) is 2.79. The topological polar surface area (TPSA) is 23.5 Å². The van der Waals surface area contributed by atoms with Crippen LogP contribution in [0.3, 0.4) is 0 Å². The van der Waals surface area contributed by atoms with E-state index in [-0.39, 0.29) is 0 Å². The molecule has 1 aliphatic heterocycles. The lowest BCUT2D eigenvalue weighted by Gasteiger charge is -2.25. The molecule has 2 nitrogen and oxygen atoms in total. The summed E-state index contributed by atoms with van der Waals surface area (Å²) < 4.78 is 38.1. The summed E-state index contributed by atoms with van der Waals surface area (Å²) in [6.07, 6.45) is -1.58. The maximum Gasteiger partial charge on any atom is 0.416 e. The standard InChI is InChI=1S/C14H16F3NO/c15-14(16,17)11-3-1-2-10(8-11)13(19)6-7-18(9-13)12-4-5-12/h1-3,8,12,19H,4-7,9H2. The molecule has 1 heterocycles. The summed E-state index contributed by atoms with van der Waals surface area (Å²) in [5.41, 5.74) is -1.45. The van der Waals surface area contributed by atoms with E-state index in [9.17, 15) is 18.3 Å². The minimum atomic E-state index is -4.36. The quantitative estimate of drug-likeness (QED) is 0.894. The van der Waals surface area contributed by atoms with E-state index in [0.717, 1.165) is 31.5 Å².